The van der Waals surface area contributed by atoms with Gasteiger partial charge in [-0.05, 0) is 37.5 Å². The van der Waals surface area contributed by atoms with Crippen LogP contribution >= 0.6 is 11.6 Å². The third kappa shape index (κ3) is 3.70. The average molecular weight is 408 g/mol. The minimum Gasteiger partial charge on any atom is -0.448 e. The first kappa shape index (κ1) is 19.4. The lowest BCUT2D eigenvalue weighted by molar-refractivity contribution is -0.0261. The number of carbonyl (C=O) groups is 1. The Morgan fingerprint density at radius 1 is 1.10 bits per heavy atom. The summed E-state index contributed by atoms with van der Waals surface area (Å²) in [6.45, 7) is 6.05. The summed E-state index contributed by atoms with van der Waals surface area (Å²) in [5.41, 5.74) is 1.70. The van der Waals surface area contributed by atoms with Crippen LogP contribution in [0.15, 0.2) is 54.6 Å². The Kier molecular flexibility index (Phi) is 5.01. The number of benzene rings is 2. The molecule has 2 aromatic heterocycles. The molecule has 0 aliphatic carbocycles. The molecule has 148 valence electrons. The lowest BCUT2D eigenvalue weighted by Crippen LogP contribution is -2.32. The Hall–Kier alpha value is -2.92. The number of carbonyl (C=O) groups excluding carboxylic acids is 1. The molecule has 0 bridgehead atoms. The Morgan fingerprint density at radius 3 is 2.52 bits per heavy atom. The number of pyridine rings is 1. The molecular formula is C23H22ClN3O2. The van der Waals surface area contributed by atoms with E-state index in [0.29, 0.717) is 28.5 Å². The highest BCUT2D eigenvalue weighted by Crippen LogP contribution is 2.35. The fourth-order valence-electron chi connectivity index (χ4n) is 3.70. The van der Waals surface area contributed by atoms with Crippen molar-refractivity contribution in [3.63, 3.8) is 0 Å². The number of aromatic amines is 1. The zero-order chi connectivity index (χ0) is 20.6. The van der Waals surface area contributed by atoms with Crippen LogP contribution in [0.2, 0.25) is 5.15 Å². The maximum atomic E-state index is 12.8. The molecule has 0 radical (unpaired) electrons. The summed E-state index contributed by atoms with van der Waals surface area (Å²) in [4.78, 5) is 25.4. The topological polar surface area (TPSA) is 67.9 Å². The second-order valence-corrected chi connectivity index (χ2v) is 8.17. The smallest absolute Gasteiger partial charge is 0.339 e. The molecule has 1 unspecified atom stereocenters. The van der Waals surface area contributed by atoms with E-state index < -0.39 is 5.60 Å². The molecule has 2 heterocycles. The Morgan fingerprint density at radius 2 is 1.79 bits per heavy atom. The van der Waals surface area contributed by atoms with E-state index in [2.05, 4.69) is 23.8 Å². The second-order valence-electron chi connectivity index (χ2n) is 7.81. The number of H-pyrrole nitrogens is 1. The van der Waals surface area contributed by atoms with Crippen LogP contribution in [0.3, 0.4) is 0 Å². The molecule has 1 atom stereocenters. The number of esters is 1. The third-order valence-electron chi connectivity index (χ3n) is 4.91. The first-order chi connectivity index (χ1) is 13.9. The molecule has 5 nitrogen and oxygen atoms in total. The van der Waals surface area contributed by atoms with Crippen LogP contribution in [0.25, 0.3) is 21.9 Å². The molecule has 4 aromatic rings. The van der Waals surface area contributed by atoms with Crippen molar-refractivity contribution in [2.24, 2.45) is 5.92 Å². The van der Waals surface area contributed by atoms with E-state index in [1.54, 1.807) is 12.1 Å². The second kappa shape index (κ2) is 7.48. The number of aromatic nitrogens is 3. The molecular weight excluding hydrogens is 386 g/mol. The number of imidazole rings is 1. The standard InChI is InChI=1S/C23H22ClN3O2/c1-14(2)13-23(3,29-21(28)15-9-5-4-6-10-15)22-26-18-16-11-7-8-12-17(16)25-20(24)19(18)27-22/h4-12,14H,13H2,1-3H3,(H,26,27). The summed E-state index contributed by atoms with van der Waals surface area (Å²) in [7, 11) is 0. The molecule has 0 fully saturated rings. The third-order valence-corrected chi connectivity index (χ3v) is 5.19. The Balaban J connectivity index is 1.82. The zero-order valence-corrected chi connectivity index (χ0v) is 17.3. The van der Waals surface area contributed by atoms with E-state index in [0.717, 1.165) is 16.4 Å². The van der Waals surface area contributed by atoms with Gasteiger partial charge in [0.2, 0.25) is 0 Å². The fourth-order valence-corrected chi connectivity index (χ4v) is 3.93. The first-order valence-electron chi connectivity index (χ1n) is 9.60. The van der Waals surface area contributed by atoms with Gasteiger partial charge in [-0.15, -0.1) is 0 Å². The molecule has 0 amide bonds. The van der Waals surface area contributed by atoms with Gasteiger partial charge in [-0.25, -0.2) is 14.8 Å². The number of hydrogen-bond donors (Lipinski definition) is 1. The molecule has 0 saturated carbocycles. The summed E-state index contributed by atoms with van der Waals surface area (Å²) in [5.74, 6) is 0.455. The van der Waals surface area contributed by atoms with Crippen molar-refractivity contribution in [2.75, 3.05) is 0 Å². The highest BCUT2D eigenvalue weighted by Gasteiger charge is 2.36. The van der Waals surface area contributed by atoms with Crippen molar-refractivity contribution in [3.8, 4) is 0 Å². The molecule has 0 saturated heterocycles. The first-order valence-corrected chi connectivity index (χ1v) is 9.98. The predicted molar refractivity (Wildman–Crippen MR) is 115 cm³/mol. The van der Waals surface area contributed by atoms with E-state index in [1.165, 1.54) is 0 Å². The summed E-state index contributed by atoms with van der Waals surface area (Å²) >= 11 is 6.42. The molecule has 0 spiro atoms. The molecule has 6 heteroatoms. The van der Waals surface area contributed by atoms with Crippen molar-refractivity contribution in [1.29, 1.82) is 0 Å². The van der Waals surface area contributed by atoms with Crippen LogP contribution in [0.4, 0.5) is 0 Å². The van der Waals surface area contributed by atoms with E-state index in [-0.39, 0.29) is 11.9 Å². The van der Waals surface area contributed by atoms with Crippen molar-refractivity contribution in [3.05, 3.63) is 71.1 Å². The van der Waals surface area contributed by atoms with E-state index >= 15 is 0 Å². The molecule has 2 aromatic carbocycles. The van der Waals surface area contributed by atoms with Gasteiger partial charge in [-0.3, -0.25) is 0 Å². The van der Waals surface area contributed by atoms with Crippen LogP contribution in [-0.4, -0.2) is 20.9 Å². The van der Waals surface area contributed by atoms with Gasteiger partial charge in [0, 0.05) is 5.39 Å². The Bertz CT molecular complexity index is 1190. The minimum atomic E-state index is -0.940. The van der Waals surface area contributed by atoms with Gasteiger partial charge in [-0.2, -0.15) is 0 Å². The Labute approximate surface area is 174 Å². The van der Waals surface area contributed by atoms with E-state index in [4.69, 9.17) is 21.3 Å². The lowest BCUT2D eigenvalue weighted by Gasteiger charge is -2.29. The maximum absolute atomic E-state index is 12.8. The fraction of sp³-hybridized carbons (Fsp3) is 0.261. The van der Waals surface area contributed by atoms with Gasteiger partial charge in [0.1, 0.15) is 11.0 Å². The molecule has 29 heavy (non-hydrogen) atoms. The normalized spacial score (nSPS) is 13.7. The zero-order valence-electron chi connectivity index (χ0n) is 16.6. The van der Waals surface area contributed by atoms with Gasteiger partial charge in [0.25, 0.3) is 0 Å². The van der Waals surface area contributed by atoms with Gasteiger partial charge >= 0.3 is 5.97 Å². The molecule has 4 rings (SSSR count). The van der Waals surface area contributed by atoms with Crippen molar-refractivity contribution in [2.45, 2.75) is 32.8 Å². The molecule has 0 aliphatic heterocycles. The molecule has 0 aliphatic rings. The summed E-state index contributed by atoms with van der Waals surface area (Å²) < 4.78 is 6.01. The van der Waals surface area contributed by atoms with Crippen LogP contribution in [0.1, 0.15) is 43.4 Å². The number of nitrogens with zero attached hydrogens (tertiary/aromatic N) is 2. The monoisotopic (exact) mass is 407 g/mol. The van der Waals surface area contributed by atoms with Crippen LogP contribution in [0, 0.1) is 5.92 Å². The van der Waals surface area contributed by atoms with Gasteiger partial charge in [0.15, 0.2) is 16.6 Å². The maximum Gasteiger partial charge on any atom is 0.339 e. The lowest BCUT2D eigenvalue weighted by atomic mass is 9.93. The van der Waals surface area contributed by atoms with Crippen LogP contribution in [0.5, 0.6) is 0 Å². The van der Waals surface area contributed by atoms with Crippen molar-refractivity contribution < 1.29 is 9.53 Å². The number of hydrogen-bond acceptors (Lipinski definition) is 4. The highest BCUT2D eigenvalue weighted by atomic mass is 35.5. The van der Waals surface area contributed by atoms with Gasteiger partial charge < -0.3 is 9.72 Å². The largest absolute Gasteiger partial charge is 0.448 e. The number of ether oxygens (including phenoxy) is 1. The quantitative estimate of drug-likeness (QED) is 0.331. The number of rotatable bonds is 5. The summed E-state index contributed by atoms with van der Waals surface area (Å²) in [6.07, 6.45) is 0.606. The van der Waals surface area contributed by atoms with Gasteiger partial charge in [-0.1, -0.05) is 61.8 Å². The number of halogens is 1. The number of nitrogens with one attached hydrogen (secondary N) is 1. The van der Waals surface area contributed by atoms with E-state index in [1.807, 2.05) is 49.4 Å². The van der Waals surface area contributed by atoms with Crippen LogP contribution < -0.4 is 0 Å². The summed E-state index contributed by atoms with van der Waals surface area (Å²) in [6, 6.07) is 16.7. The van der Waals surface area contributed by atoms with Crippen molar-refractivity contribution >= 4 is 39.5 Å². The number of fused-ring (bicyclic) bond motifs is 3. The summed E-state index contributed by atoms with van der Waals surface area (Å²) in [5, 5.41) is 1.24. The highest BCUT2D eigenvalue weighted by molar-refractivity contribution is 6.35. The van der Waals surface area contributed by atoms with E-state index in [9.17, 15) is 4.79 Å². The van der Waals surface area contributed by atoms with Crippen LogP contribution in [-0.2, 0) is 10.3 Å². The van der Waals surface area contributed by atoms with Gasteiger partial charge in [0.05, 0.1) is 11.1 Å². The number of para-hydroxylation sites is 1. The van der Waals surface area contributed by atoms with Crippen molar-refractivity contribution in [1.82, 2.24) is 15.0 Å². The SMILES string of the molecule is CC(C)CC(C)(OC(=O)c1ccccc1)c1nc2c([nH]1)c(Cl)nc1ccccc12. The predicted octanol–water partition coefficient (Wildman–Crippen LogP) is 5.88. The minimum absolute atomic E-state index is 0.280. The average Bonchev–Trinajstić information content (AvgIpc) is 3.15. The molecule has 1 N–H and O–H groups in total.